The molecule has 0 saturated carbocycles. The van der Waals surface area contributed by atoms with Gasteiger partial charge in [-0.1, -0.05) is 12.1 Å². The molecule has 1 heterocycles. The molecule has 7 heteroatoms. The Kier molecular flexibility index (Phi) is 2.73. The summed E-state index contributed by atoms with van der Waals surface area (Å²) in [6.07, 6.45) is -2.25. The van der Waals surface area contributed by atoms with E-state index in [2.05, 4.69) is 4.98 Å². The second-order valence-corrected chi connectivity index (χ2v) is 5.90. The van der Waals surface area contributed by atoms with E-state index in [0.717, 1.165) is 11.3 Å². The lowest BCUT2D eigenvalue weighted by molar-refractivity contribution is 0.423. The predicted molar refractivity (Wildman–Crippen MR) is 57.1 cm³/mol. The average molecular weight is 261 g/mol. The minimum Gasteiger partial charge on any atom is -0.225 e. The maximum Gasteiger partial charge on any atom is 0.282 e. The van der Waals surface area contributed by atoms with Gasteiger partial charge in [-0.3, -0.25) is 0 Å². The summed E-state index contributed by atoms with van der Waals surface area (Å²) in [5, 5.41) is -0.0787. The van der Waals surface area contributed by atoms with Crippen LogP contribution in [0.4, 0.5) is 8.78 Å². The van der Waals surface area contributed by atoms with Crippen molar-refractivity contribution in [1.29, 1.82) is 0 Å². The molecule has 0 atom stereocenters. The smallest absolute Gasteiger partial charge is 0.225 e. The standard InChI is InChI=1S/C9H5F2NO2S2/c10-8(11)5-16(13,14)9-12-6-3-1-2-4-7(6)15-9/h1-5H. The number of halogens is 2. The first-order valence-electron chi connectivity index (χ1n) is 4.12. The van der Waals surface area contributed by atoms with E-state index in [4.69, 9.17) is 0 Å². The summed E-state index contributed by atoms with van der Waals surface area (Å²) < 4.78 is 47.0. The molecular formula is C9H5F2NO2S2. The number of fused-ring (bicyclic) bond motifs is 1. The van der Waals surface area contributed by atoms with Crippen LogP contribution in [0.1, 0.15) is 0 Å². The van der Waals surface area contributed by atoms with Gasteiger partial charge < -0.3 is 0 Å². The number of hydrogen-bond donors (Lipinski definition) is 0. The minimum absolute atomic E-state index is 0.0787. The fourth-order valence-electron chi connectivity index (χ4n) is 1.14. The molecule has 2 aromatic rings. The van der Waals surface area contributed by atoms with Crippen LogP contribution in [-0.4, -0.2) is 13.4 Å². The number of benzene rings is 1. The van der Waals surface area contributed by atoms with E-state index >= 15 is 0 Å². The van der Waals surface area contributed by atoms with E-state index < -0.39 is 15.9 Å². The van der Waals surface area contributed by atoms with E-state index in [1.165, 1.54) is 0 Å². The van der Waals surface area contributed by atoms with Crippen LogP contribution in [0.3, 0.4) is 0 Å². The zero-order valence-corrected chi connectivity index (χ0v) is 9.36. The highest BCUT2D eigenvalue weighted by Gasteiger charge is 2.18. The van der Waals surface area contributed by atoms with Crippen molar-refractivity contribution in [2.45, 2.75) is 4.34 Å². The van der Waals surface area contributed by atoms with E-state index in [-0.39, 0.29) is 9.75 Å². The molecule has 0 fully saturated rings. The summed E-state index contributed by atoms with van der Waals surface area (Å²) in [4.78, 5) is 3.79. The van der Waals surface area contributed by atoms with E-state index in [0.29, 0.717) is 10.2 Å². The summed E-state index contributed by atoms with van der Waals surface area (Å²) >= 11 is 0.869. The molecule has 1 aromatic carbocycles. The lowest BCUT2D eigenvalue weighted by Crippen LogP contribution is -1.95. The SMILES string of the molecule is O=S(=O)(C=C(F)F)c1nc2ccccc2s1. The number of aromatic nitrogens is 1. The summed E-state index contributed by atoms with van der Waals surface area (Å²) in [6.45, 7) is 0. The molecule has 1 aromatic heterocycles. The van der Waals surface area contributed by atoms with Crippen LogP contribution in [0, 0.1) is 0 Å². The fraction of sp³-hybridized carbons (Fsp3) is 0. The molecule has 84 valence electrons. The predicted octanol–water partition coefficient (Wildman–Crippen LogP) is 2.81. The Morgan fingerprint density at radius 1 is 1.31 bits per heavy atom. The lowest BCUT2D eigenvalue weighted by Gasteiger charge is -1.89. The first-order valence-corrected chi connectivity index (χ1v) is 6.49. The Bertz CT molecular complexity index is 624. The van der Waals surface area contributed by atoms with Gasteiger partial charge >= 0.3 is 0 Å². The number of rotatable bonds is 2. The Labute approximate surface area is 94.0 Å². The highest BCUT2D eigenvalue weighted by molar-refractivity contribution is 7.96. The highest BCUT2D eigenvalue weighted by atomic mass is 32.2. The van der Waals surface area contributed by atoms with Crippen LogP contribution < -0.4 is 0 Å². The van der Waals surface area contributed by atoms with Crippen LogP contribution >= 0.6 is 11.3 Å². The largest absolute Gasteiger partial charge is 0.282 e. The van der Waals surface area contributed by atoms with Gasteiger partial charge in [-0.05, 0) is 12.1 Å². The van der Waals surface area contributed by atoms with Crippen molar-refractivity contribution in [3.8, 4) is 0 Å². The van der Waals surface area contributed by atoms with E-state index in [1.807, 2.05) is 0 Å². The van der Waals surface area contributed by atoms with E-state index in [1.54, 1.807) is 24.3 Å². The van der Waals surface area contributed by atoms with E-state index in [9.17, 15) is 17.2 Å². The van der Waals surface area contributed by atoms with Gasteiger partial charge in [0.1, 0.15) is 5.41 Å². The molecule has 0 N–H and O–H groups in total. The van der Waals surface area contributed by atoms with Gasteiger partial charge in [-0.15, -0.1) is 11.3 Å². The number of nitrogens with zero attached hydrogens (tertiary/aromatic N) is 1. The fourth-order valence-corrected chi connectivity index (χ4v) is 3.28. The molecule has 0 bridgehead atoms. The molecule has 0 aliphatic rings. The third kappa shape index (κ3) is 2.10. The molecule has 0 radical (unpaired) electrons. The quantitative estimate of drug-likeness (QED) is 0.835. The Balaban J connectivity index is 2.61. The van der Waals surface area contributed by atoms with Gasteiger partial charge in [0.2, 0.25) is 14.2 Å². The topological polar surface area (TPSA) is 47.0 Å². The van der Waals surface area contributed by atoms with Gasteiger partial charge in [-0.2, -0.15) is 8.78 Å². The molecule has 0 amide bonds. The summed E-state index contributed by atoms with van der Waals surface area (Å²) in [7, 11) is -4.13. The number of sulfone groups is 1. The number of thiazole rings is 1. The first-order chi connectivity index (χ1) is 7.49. The third-order valence-corrected chi connectivity index (χ3v) is 4.61. The summed E-state index contributed by atoms with van der Waals surface area (Å²) in [5.41, 5.74) is 0.485. The van der Waals surface area contributed by atoms with Crippen molar-refractivity contribution in [1.82, 2.24) is 4.98 Å². The summed E-state index contributed by atoms with van der Waals surface area (Å²) in [6, 6.07) is 6.73. The van der Waals surface area contributed by atoms with Gasteiger partial charge in [0.15, 0.2) is 0 Å². The lowest BCUT2D eigenvalue weighted by atomic mass is 10.3. The monoisotopic (exact) mass is 261 g/mol. The van der Waals surface area contributed by atoms with Crippen LogP contribution in [0.15, 0.2) is 40.1 Å². The van der Waals surface area contributed by atoms with Crippen molar-refractivity contribution in [2.75, 3.05) is 0 Å². The molecule has 0 saturated heterocycles. The zero-order valence-electron chi connectivity index (χ0n) is 7.72. The Morgan fingerprint density at radius 2 is 2.00 bits per heavy atom. The highest BCUT2D eigenvalue weighted by Crippen LogP contribution is 2.26. The maximum atomic E-state index is 11.9. The molecule has 0 aliphatic carbocycles. The minimum atomic E-state index is -4.13. The average Bonchev–Trinajstić information content (AvgIpc) is 2.59. The first kappa shape index (κ1) is 11.2. The molecule has 0 aliphatic heterocycles. The van der Waals surface area contributed by atoms with Gasteiger partial charge in [0.05, 0.1) is 10.2 Å². The van der Waals surface area contributed by atoms with Crippen LogP contribution in [0.2, 0.25) is 0 Å². The summed E-state index contributed by atoms with van der Waals surface area (Å²) in [5.74, 6) is 0. The second-order valence-electron chi connectivity index (χ2n) is 2.90. The van der Waals surface area contributed by atoms with Crippen molar-refractivity contribution < 1.29 is 17.2 Å². The van der Waals surface area contributed by atoms with Gasteiger partial charge in [0.25, 0.3) is 6.08 Å². The Hall–Kier alpha value is -1.34. The van der Waals surface area contributed by atoms with Crippen molar-refractivity contribution in [3.63, 3.8) is 0 Å². The normalized spacial score (nSPS) is 11.6. The Morgan fingerprint density at radius 3 is 2.62 bits per heavy atom. The molecular weight excluding hydrogens is 256 g/mol. The van der Waals surface area contributed by atoms with Crippen molar-refractivity contribution in [2.24, 2.45) is 0 Å². The maximum absolute atomic E-state index is 11.9. The van der Waals surface area contributed by atoms with Crippen molar-refractivity contribution in [3.05, 3.63) is 35.8 Å². The molecule has 2 rings (SSSR count). The third-order valence-electron chi connectivity index (χ3n) is 1.76. The van der Waals surface area contributed by atoms with Gasteiger partial charge in [-0.25, -0.2) is 13.4 Å². The number of para-hydroxylation sites is 1. The molecule has 0 unspecified atom stereocenters. The van der Waals surface area contributed by atoms with Crippen molar-refractivity contribution >= 4 is 31.4 Å². The second kappa shape index (κ2) is 3.91. The molecule has 0 spiro atoms. The van der Waals surface area contributed by atoms with Crippen LogP contribution in [0.5, 0.6) is 0 Å². The van der Waals surface area contributed by atoms with Crippen LogP contribution in [-0.2, 0) is 9.84 Å². The van der Waals surface area contributed by atoms with Gasteiger partial charge in [0, 0.05) is 0 Å². The zero-order chi connectivity index (χ0) is 11.8. The van der Waals surface area contributed by atoms with Crippen LogP contribution in [0.25, 0.3) is 10.2 Å². The molecule has 16 heavy (non-hydrogen) atoms. The molecule has 3 nitrogen and oxygen atoms in total. The number of hydrogen-bond acceptors (Lipinski definition) is 4.